The van der Waals surface area contributed by atoms with E-state index in [4.69, 9.17) is 0 Å². The van der Waals surface area contributed by atoms with Crippen LogP contribution in [-0.4, -0.2) is 5.87 Å². The van der Waals surface area contributed by atoms with Crippen LogP contribution in [0.2, 0.25) is 0 Å². The molecule has 0 atom stereocenters. The molecule has 0 bridgehead atoms. The van der Waals surface area contributed by atoms with Crippen LogP contribution in [0.3, 0.4) is 0 Å². The van der Waals surface area contributed by atoms with Crippen LogP contribution in [0.1, 0.15) is 11.1 Å². The molecule has 0 aliphatic rings. The monoisotopic (exact) mass is 207 g/mol. The van der Waals surface area contributed by atoms with E-state index >= 15 is 0 Å². The molecule has 0 heterocycles. The van der Waals surface area contributed by atoms with Crippen LogP contribution in [-0.2, 0) is 6.54 Å². The Hall–Kier alpha value is -2.11. The molecule has 16 heavy (non-hydrogen) atoms. The maximum absolute atomic E-state index is 4.23. The number of benzene rings is 2. The maximum atomic E-state index is 4.23. The molecule has 0 N–H and O–H groups in total. The molecule has 1 heteroatoms. The van der Waals surface area contributed by atoms with E-state index in [0.29, 0.717) is 6.54 Å². The Morgan fingerprint density at radius 1 is 0.875 bits per heavy atom. The van der Waals surface area contributed by atoms with Crippen molar-refractivity contribution in [2.75, 3.05) is 0 Å². The van der Waals surface area contributed by atoms with Crippen molar-refractivity contribution in [1.29, 1.82) is 0 Å². The standard InChI is InChI=1S/C15H13N/c1-3-7-14(8-4-1)11-12-16-13-15-9-5-2-6-10-15/h1-11H,13H2. The van der Waals surface area contributed by atoms with E-state index in [2.05, 4.69) is 23.0 Å². The third-order valence-electron chi connectivity index (χ3n) is 2.23. The number of hydrogen-bond acceptors (Lipinski definition) is 1. The largest absolute Gasteiger partial charge is 0.238 e. The molecule has 2 aromatic carbocycles. The van der Waals surface area contributed by atoms with E-state index in [9.17, 15) is 0 Å². The number of hydrogen-bond donors (Lipinski definition) is 0. The first kappa shape index (κ1) is 10.4. The highest BCUT2D eigenvalue weighted by Crippen LogP contribution is 2.00. The Balaban J connectivity index is 1.98. The highest BCUT2D eigenvalue weighted by atomic mass is 14.7. The molecule has 0 aliphatic heterocycles. The molecule has 0 spiro atoms. The van der Waals surface area contributed by atoms with Crippen molar-refractivity contribution >= 4 is 11.9 Å². The van der Waals surface area contributed by atoms with Crippen molar-refractivity contribution < 1.29 is 0 Å². The van der Waals surface area contributed by atoms with Crippen molar-refractivity contribution in [3.05, 3.63) is 71.8 Å². The summed E-state index contributed by atoms with van der Waals surface area (Å²) in [5.41, 5.74) is 2.33. The molecule has 2 aromatic rings. The van der Waals surface area contributed by atoms with Crippen LogP contribution in [0.25, 0.3) is 6.08 Å². The minimum atomic E-state index is 0.685. The van der Waals surface area contributed by atoms with Crippen molar-refractivity contribution in [1.82, 2.24) is 0 Å². The topological polar surface area (TPSA) is 12.4 Å². The lowest BCUT2D eigenvalue weighted by Gasteiger charge is -1.91. The van der Waals surface area contributed by atoms with E-state index in [1.165, 1.54) is 5.56 Å². The minimum Gasteiger partial charge on any atom is -0.238 e. The van der Waals surface area contributed by atoms with E-state index < -0.39 is 0 Å². The predicted molar refractivity (Wildman–Crippen MR) is 68.5 cm³/mol. The lowest BCUT2D eigenvalue weighted by Crippen LogP contribution is -1.78. The van der Waals surface area contributed by atoms with Gasteiger partial charge in [0.1, 0.15) is 0 Å². The fraction of sp³-hybridized carbons (Fsp3) is 0.0667. The highest BCUT2D eigenvalue weighted by molar-refractivity contribution is 5.77. The van der Waals surface area contributed by atoms with Crippen molar-refractivity contribution in [3.8, 4) is 0 Å². The van der Waals surface area contributed by atoms with Crippen molar-refractivity contribution in [2.24, 2.45) is 4.99 Å². The first-order chi connectivity index (χ1) is 7.95. The molecule has 78 valence electrons. The van der Waals surface area contributed by atoms with Crippen LogP contribution in [0.4, 0.5) is 0 Å². The summed E-state index contributed by atoms with van der Waals surface area (Å²) in [5.74, 6) is 2.95. The summed E-state index contributed by atoms with van der Waals surface area (Å²) in [7, 11) is 0. The van der Waals surface area contributed by atoms with Gasteiger partial charge in [0, 0.05) is 6.08 Å². The molecule has 0 saturated heterocycles. The molecule has 0 unspecified atom stereocenters. The first-order valence-electron chi connectivity index (χ1n) is 5.29. The summed E-state index contributed by atoms with van der Waals surface area (Å²) in [6, 6.07) is 20.2. The van der Waals surface area contributed by atoms with Crippen LogP contribution >= 0.6 is 0 Å². The fourth-order valence-electron chi connectivity index (χ4n) is 1.39. The molecule has 0 amide bonds. The van der Waals surface area contributed by atoms with Gasteiger partial charge in [-0.05, 0) is 17.0 Å². The number of aliphatic imine (C=N–C) groups is 1. The SMILES string of the molecule is C(=Cc1ccccc1)=NCc1ccccc1. The zero-order chi connectivity index (χ0) is 11.1. The zero-order valence-corrected chi connectivity index (χ0v) is 9.01. The molecule has 0 fully saturated rings. The average molecular weight is 207 g/mol. The van der Waals surface area contributed by atoms with Gasteiger partial charge in [-0.3, -0.25) is 0 Å². The molecule has 0 saturated carbocycles. The van der Waals surface area contributed by atoms with E-state index in [1.807, 2.05) is 54.6 Å². The summed E-state index contributed by atoms with van der Waals surface area (Å²) >= 11 is 0. The van der Waals surface area contributed by atoms with Crippen molar-refractivity contribution in [2.45, 2.75) is 6.54 Å². The normalized spacial score (nSPS) is 9.25. The Kier molecular flexibility index (Phi) is 3.70. The lowest BCUT2D eigenvalue weighted by molar-refractivity contribution is 1.08. The summed E-state index contributed by atoms with van der Waals surface area (Å²) in [6.07, 6.45) is 1.89. The van der Waals surface area contributed by atoms with Crippen molar-refractivity contribution in [3.63, 3.8) is 0 Å². The van der Waals surface area contributed by atoms with Gasteiger partial charge in [0.15, 0.2) is 0 Å². The van der Waals surface area contributed by atoms with Gasteiger partial charge in [0.05, 0.1) is 6.54 Å². The third kappa shape index (κ3) is 3.23. The second-order valence-corrected chi connectivity index (χ2v) is 3.49. The van der Waals surface area contributed by atoms with Crippen LogP contribution in [0, 0.1) is 0 Å². The molecule has 0 aromatic heterocycles. The van der Waals surface area contributed by atoms with Gasteiger partial charge in [-0.25, -0.2) is 4.99 Å². The first-order valence-corrected chi connectivity index (χ1v) is 5.29. The molecular weight excluding hydrogens is 194 g/mol. The van der Waals surface area contributed by atoms with Gasteiger partial charge in [0.2, 0.25) is 0 Å². The Bertz CT molecular complexity index is 479. The molecule has 1 nitrogen and oxygen atoms in total. The molecular formula is C15H13N. The molecule has 2 rings (SSSR count). The van der Waals surface area contributed by atoms with E-state index in [1.54, 1.807) is 0 Å². The van der Waals surface area contributed by atoms with Crippen LogP contribution in [0.15, 0.2) is 65.7 Å². The Labute approximate surface area is 95.8 Å². The maximum Gasteiger partial charge on any atom is 0.0734 e. The smallest absolute Gasteiger partial charge is 0.0734 e. The number of nitrogens with zero attached hydrogens (tertiary/aromatic N) is 1. The highest BCUT2D eigenvalue weighted by Gasteiger charge is 1.85. The van der Waals surface area contributed by atoms with Gasteiger partial charge in [-0.1, -0.05) is 60.7 Å². The summed E-state index contributed by atoms with van der Waals surface area (Å²) in [4.78, 5) is 4.23. The average Bonchev–Trinajstić information content (AvgIpc) is 2.37. The summed E-state index contributed by atoms with van der Waals surface area (Å²) in [6.45, 7) is 0.685. The van der Waals surface area contributed by atoms with Gasteiger partial charge >= 0.3 is 0 Å². The third-order valence-corrected chi connectivity index (χ3v) is 2.23. The minimum absolute atomic E-state index is 0.685. The van der Waals surface area contributed by atoms with E-state index in [-0.39, 0.29) is 0 Å². The summed E-state index contributed by atoms with van der Waals surface area (Å²) in [5, 5.41) is 0. The van der Waals surface area contributed by atoms with Gasteiger partial charge < -0.3 is 0 Å². The zero-order valence-electron chi connectivity index (χ0n) is 9.01. The Morgan fingerprint density at radius 2 is 1.50 bits per heavy atom. The fourth-order valence-corrected chi connectivity index (χ4v) is 1.39. The Morgan fingerprint density at radius 3 is 2.19 bits per heavy atom. The quantitative estimate of drug-likeness (QED) is 0.682. The molecule has 0 radical (unpaired) electrons. The van der Waals surface area contributed by atoms with Crippen LogP contribution < -0.4 is 0 Å². The summed E-state index contributed by atoms with van der Waals surface area (Å²) < 4.78 is 0. The molecule has 0 aliphatic carbocycles. The van der Waals surface area contributed by atoms with Gasteiger partial charge in [0.25, 0.3) is 0 Å². The second kappa shape index (κ2) is 5.69. The predicted octanol–water partition coefficient (Wildman–Crippen LogP) is 3.57. The van der Waals surface area contributed by atoms with Crippen LogP contribution in [0.5, 0.6) is 0 Å². The lowest BCUT2D eigenvalue weighted by atomic mass is 10.2. The van der Waals surface area contributed by atoms with Gasteiger partial charge in [-0.2, -0.15) is 0 Å². The van der Waals surface area contributed by atoms with Gasteiger partial charge in [-0.15, -0.1) is 0 Å². The van der Waals surface area contributed by atoms with E-state index in [0.717, 1.165) is 5.56 Å². The number of rotatable bonds is 3. The second-order valence-electron chi connectivity index (χ2n) is 3.49.